The van der Waals surface area contributed by atoms with Gasteiger partial charge < -0.3 is 5.11 Å². The van der Waals surface area contributed by atoms with E-state index in [0.29, 0.717) is 5.69 Å². The number of aromatic nitrogens is 3. The molecule has 0 radical (unpaired) electrons. The summed E-state index contributed by atoms with van der Waals surface area (Å²) in [5.41, 5.74) is 0.291. The van der Waals surface area contributed by atoms with Crippen LogP contribution in [0.5, 0.6) is 0 Å². The second-order valence-corrected chi connectivity index (χ2v) is 4.68. The van der Waals surface area contributed by atoms with Crippen molar-refractivity contribution < 1.29 is 9.90 Å². The third-order valence-corrected chi connectivity index (χ3v) is 3.29. The van der Waals surface area contributed by atoms with Gasteiger partial charge in [0.15, 0.2) is 0 Å². The molecule has 0 aliphatic carbocycles. The van der Waals surface area contributed by atoms with Crippen molar-refractivity contribution in [3.05, 3.63) is 52.2 Å². The lowest BCUT2D eigenvalue weighted by atomic mass is 10.3. The molecule has 2 heterocycles. The Labute approximate surface area is 116 Å². The number of carboxylic acid groups (broad SMARTS) is 1. The van der Waals surface area contributed by atoms with Gasteiger partial charge >= 0.3 is 5.97 Å². The molecule has 0 aromatic carbocycles. The maximum atomic E-state index is 11.8. The highest BCUT2D eigenvalue weighted by atomic mass is 16.4. The van der Waals surface area contributed by atoms with E-state index in [1.165, 1.54) is 22.8 Å². The minimum atomic E-state index is -1.12. The van der Waals surface area contributed by atoms with E-state index in [9.17, 15) is 9.59 Å². The van der Waals surface area contributed by atoms with Crippen LogP contribution in [0.25, 0.3) is 0 Å². The van der Waals surface area contributed by atoms with Gasteiger partial charge in [0, 0.05) is 18.3 Å². The van der Waals surface area contributed by atoms with Gasteiger partial charge in [-0.1, -0.05) is 13.0 Å². The molecule has 0 aliphatic rings. The quantitative estimate of drug-likeness (QED) is 0.902. The minimum Gasteiger partial charge on any atom is -0.477 e. The molecule has 2 aromatic rings. The predicted molar refractivity (Wildman–Crippen MR) is 74.0 cm³/mol. The number of hydrogen-bond acceptors (Lipinski definition) is 3. The molecule has 0 amide bonds. The second kappa shape index (κ2) is 5.73. The van der Waals surface area contributed by atoms with E-state index in [4.69, 9.17) is 5.11 Å². The SMILES string of the molecule is CCC(C)n1ccc(Cn2c(C(=O)O)cccc2=O)n1. The zero-order valence-corrected chi connectivity index (χ0v) is 11.5. The molecule has 0 saturated heterocycles. The molecule has 0 fully saturated rings. The summed E-state index contributed by atoms with van der Waals surface area (Å²) in [4.78, 5) is 22.9. The number of hydrogen-bond donors (Lipinski definition) is 1. The van der Waals surface area contributed by atoms with Gasteiger partial charge in [0.05, 0.1) is 12.2 Å². The van der Waals surface area contributed by atoms with Crippen LogP contribution in [0, 0.1) is 0 Å². The number of rotatable bonds is 5. The third-order valence-electron chi connectivity index (χ3n) is 3.29. The first kappa shape index (κ1) is 14.0. The molecule has 6 heteroatoms. The lowest BCUT2D eigenvalue weighted by Crippen LogP contribution is -2.25. The molecular formula is C14H17N3O3. The summed E-state index contributed by atoms with van der Waals surface area (Å²) in [6.07, 6.45) is 2.80. The fourth-order valence-corrected chi connectivity index (χ4v) is 1.93. The van der Waals surface area contributed by atoms with Crippen molar-refractivity contribution >= 4 is 5.97 Å². The first-order chi connectivity index (χ1) is 9.52. The lowest BCUT2D eigenvalue weighted by molar-refractivity contribution is 0.0684. The van der Waals surface area contributed by atoms with E-state index in [1.54, 1.807) is 6.07 Å². The summed E-state index contributed by atoms with van der Waals surface area (Å²) in [5.74, 6) is -1.12. The number of pyridine rings is 1. The summed E-state index contributed by atoms with van der Waals surface area (Å²) in [6, 6.07) is 6.28. The molecule has 2 rings (SSSR count). The molecule has 1 atom stereocenters. The second-order valence-electron chi connectivity index (χ2n) is 4.68. The van der Waals surface area contributed by atoms with Gasteiger partial charge in [-0.25, -0.2) is 4.79 Å². The van der Waals surface area contributed by atoms with Crippen LogP contribution < -0.4 is 5.56 Å². The van der Waals surface area contributed by atoms with Crippen molar-refractivity contribution in [1.82, 2.24) is 14.3 Å². The van der Waals surface area contributed by atoms with Crippen molar-refractivity contribution in [2.75, 3.05) is 0 Å². The number of carbonyl (C=O) groups is 1. The van der Waals surface area contributed by atoms with E-state index in [1.807, 2.05) is 17.8 Å². The Morgan fingerprint density at radius 3 is 2.80 bits per heavy atom. The van der Waals surface area contributed by atoms with Crippen LogP contribution in [0.4, 0.5) is 0 Å². The molecule has 6 nitrogen and oxygen atoms in total. The van der Waals surface area contributed by atoms with Crippen molar-refractivity contribution in [1.29, 1.82) is 0 Å². The zero-order valence-electron chi connectivity index (χ0n) is 11.5. The fraction of sp³-hybridized carbons (Fsp3) is 0.357. The van der Waals surface area contributed by atoms with Crippen molar-refractivity contribution in [3.8, 4) is 0 Å². The van der Waals surface area contributed by atoms with Crippen molar-refractivity contribution in [3.63, 3.8) is 0 Å². The standard InChI is InChI=1S/C14H17N3O3/c1-3-10(2)17-8-7-11(15-17)9-16-12(14(19)20)5-4-6-13(16)18/h4-8,10H,3,9H2,1-2H3,(H,19,20). The minimum absolute atomic E-state index is 0.0319. The fourth-order valence-electron chi connectivity index (χ4n) is 1.93. The third kappa shape index (κ3) is 2.79. The zero-order chi connectivity index (χ0) is 14.7. The molecule has 106 valence electrons. The van der Waals surface area contributed by atoms with Crippen molar-refractivity contribution in [2.45, 2.75) is 32.9 Å². The maximum Gasteiger partial charge on any atom is 0.352 e. The van der Waals surface area contributed by atoms with E-state index in [-0.39, 0.29) is 23.8 Å². The Morgan fingerprint density at radius 2 is 2.15 bits per heavy atom. The highest BCUT2D eigenvalue weighted by Crippen LogP contribution is 2.10. The van der Waals surface area contributed by atoms with Gasteiger partial charge in [-0.3, -0.25) is 14.0 Å². The largest absolute Gasteiger partial charge is 0.477 e. The molecule has 0 bridgehead atoms. The van der Waals surface area contributed by atoms with Gasteiger partial charge in [-0.05, 0) is 25.5 Å². The summed E-state index contributed by atoms with van der Waals surface area (Å²) in [6.45, 7) is 4.27. The Morgan fingerprint density at radius 1 is 1.40 bits per heavy atom. The normalized spacial score (nSPS) is 12.3. The van der Waals surface area contributed by atoms with Crippen LogP contribution in [0.1, 0.15) is 42.5 Å². The Hall–Kier alpha value is -2.37. The van der Waals surface area contributed by atoms with Crippen LogP contribution in [-0.2, 0) is 6.54 Å². The first-order valence-electron chi connectivity index (χ1n) is 6.50. The van der Waals surface area contributed by atoms with Crippen LogP contribution in [0.3, 0.4) is 0 Å². The average molecular weight is 275 g/mol. The maximum absolute atomic E-state index is 11.8. The summed E-state index contributed by atoms with van der Waals surface area (Å²) in [7, 11) is 0. The van der Waals surface area contributed by atoms with E-state index in [2.05, 4.69) is 12.0 Å². The van der Waals surface area contributed by atoms with Crippen LogP contribution in [0.15, 0.2) is 35.3 Å². The Bertz CT molecular complexity index is 672. The number of nitrogens with zero attached hydrogens (tertiary/aromatic N) is 3. The van der Waals surface area contributed by atoms with E-state index in [0.717, 1.165) is 6.42 Å². The predicted octanol–water partition coefficient (Wildman–Crippen LogP) is 1.76. The van der Waals surface area contributed by atoms with Gasteiger partial charge in [0.1, 0.15) is 5.69 Å². The monoisotopic (exact) mass is 275 g/mol. The molecule has 0 spiro atoms. The molecule has 1 N–H and O–H groups in total. The smallest absolute Gasteiger partial charge is 0.352 e. The van der Waals surface area contributed by atoms with Crippen LogP contribution in [0.2, 0.25) is 0 Å². The van der Waals surface area contributed by atoms with E-state index >= 15 is 0 Å². The summed E-state index contributed by atoms with van der Waals surface area (Å²) >= 11 is 0. The van der Waals surface area contributed by atoms with E-state index < -0.39 is 5.97 Å². The summed E-state index contributed by atoms with van der Waals surface area (Å²) in [5, 5.41) is 13.5. The van der Waals surface area contributed by atoms with Crippen molar-refractivity contribution in [2.24, 2.45) is 0 Å². The van der Waals surface area contributed by atoms with Crippen LogP contribution >= 0.6 is 0 Å². The van der Waals surface area contributed by atoms with Gasteiger partial charge in [-0.2, -0.15) is 5.10 Å². The van der Waals surface area contributed by atoms with Crippen LogP contribution in [-0.4, -0.2) is 25.4 Å². The first-order valence-corrected chi connectivity index (χ1v) is 6.50. The van der Waals surface area contributed by atoms with Gasteiger partial charge in [0.25, 0.3) is 5.56 Å². The topological polar surface area (TPSA) is 77.1 Å². The molecule has 1 unspecified atom stereocenters. The number of aromatic carboxylic acids is 1. The Kier molecular flexibility index (Phi) is 4.02. The molecule has 0 aliphatic heterocycles. The lowest BCUT2D eigenvalue weighted by Gasteiger charge is -2.09. The average Bonchev–Trinajstić information content (AvgIpc) is 2.88. The molecule has 0 saturated carbocycles. The molecule has 2 aromatic heterocycles. The summed E-state index contributed by atoms with van der Waals surface area (Å²) < 4.78 is 3.04. The molecular weight excluding hydrogens is 258 g/mol. The Balaban J connectivity index is 2.33. The molecule has 20 heavy (non-hydrogen) atoms. The van der Waals surface area contributed by atoms with Gasteiger partial charge in [0.2, 0.25) is 0 Å². The highest BCUT2D eigenvalue weighted by Gasteiger charge is 2.12. The number of carboxylic acids is 1. The van der Waals surface area contributed by atoms with Gasteiger partial charge in [-0.15, -0.1) is 0 Å². The highest BCUT2D eigenvalue weighted by molar-refractivity contribution is 5.85.